The first-order valence-electron chi connectivity index (χ1n) is 7.98. The summed E-state index contributed by atoms with van der Waals surface area (Å²) in [4.78, 5) is 38.4. The van der Waals surface area contributed by atoms with Crippen molar-refractivity contribution >= 4 is 17.8 Å². The van der Waals surface area contributed by atoms with Crippen molar-refractivity contribution in [1.82, 2.24) is 4.90 Å². The van der Waals surface area contributed by atoms with Crippen molar-refractivity contribution in [3.63, 3.8) is 0 Å². The molecule has 0 spiro atoms. The molecule has 116 valence electrons. The van der Waals surface area contributed by atoms with E-state index in [-0.39, 0.29) is 23.7 Å². The molecule has 3 rings (SSSR count). The van der Waals surface area contributed by atoms with Gasteiger partial charge in [-0.2, -0.15) is 0 Å². The maximum Gasteiger partial charge on any atom is 0.330 e. The highest BCUT2D eigenvalue weighted by Gasteiger charge is 2.60. The Bertz CT molecular complexity index is 469. The van der Waals surface area contributed by atoms with Gasteiger partial charge in [0.2, 0.25) is 11.8 Å². The first-order valence-corrected chi connectivity index (χ1v) is 7.98. The molecule has 2 amide bonds. The molecule has 1 heterocycles. The fraction of sp³-hybridized carbons (Fsp3) is 0.812. The minimum atomic E-state index is -1.28. The molecule has 5 nitrogen and oxygen atoms in total. The summed E-state index contributed by atoms with van der Waals surface area (Å²) in [5.41, 5.74) is -1.28. The minimum Gasteiger partial charge on any atom is -0.479 e. The second-order valence-corrected chi connectivity index (χ2v) is 7.32. The molecule has 0 aromatic heterocycles. The van der Waals surface area contributed by atoms with Crippen LogP contribution >= 0.6 is 0 Å². The maximum absolute atomic E-state index is 12.7. The van der Waals surface area contributed by atoms with E-state index in [2.05, 4.69) is 13.8 Å². The normalized spacial score (nSPS) is 43.2. The summed E-state index contributed by atoms with van der Waals surface area (Å²) in [6.45, 7) is 4.15. The second kappa shape index (κ2) is 4.82. The Morgan fingerprint density at radius 3 is 1.95 bits per heavy atom. The third-order valence-electron chi connectivity index (χ3n) is 5.80. The van der Waals surface area contributed by atoms with Gasteiger partial charge < -0.3 is 5.11 Å². The quantitative estimate of drug-likeness (QED) is 0.791. The van der Waals surface area contributed by atoms with Crippen molar-refractivity contribution in [2.45, 2.75) is 57.9 Å². The zero-order valence-corrected chi connectivity index (χ0v) is 12.7. The van der Waals surface area contributed by atoms with Crippen LogP contribution in [0.1, 0.15) is 52.4 Å². The van der Waals surface area contributed by atoms with Crippen LogP contribution in [-0.4, -0.2) is 33.3 Å². The number of carboxylic acid groups (broad SMARTS) is 1. The molecule has 1 N–H and O–H groups in total. The Labute approximate surface area is 124 Å². The van der Waals surface area contributed by atoms with Gasteiger partial charge in [-0.15, -0.1) is 0 Å². The van der Waals surface area contributed by atoms with Crippen LogP contribution in [0.5, 0.6) is 0 Å². The molecule has 2 saturated carbocycles. The number of hydrogen-bond acceptors (Lipinski definition) is 3. The number of nitrogens with zero attached hydrogens (tertiary/aromatic N) is 1. The van der Waals surface area contributed by atoms with Crippen LogP contribution in [0, 0.1) is 23.7 Å². The Morgan fingerprint density at radius 1 is 1.05 bits per heavy atom. The first-order chi connectivity index (χ1) is 9.86. The Morgan fingerprint density at radius 2 is 1.52 bits per heavy atom. The van der Waals surface area contributed by atoms with Gasteiger partial charge in [0.25, 0.3) is 0 Å². The maximum atomic E-state index is 12.7. The van der Waals surface area contributed by atoms with Crippen LogP contribution in [0.15, 0.2) is 0 Å². The van der Waals surface area contributed by atoms with E-state index >= 15 is 0 Å². The summed E-state index contributed by atoms with van der Waals surface area (Å²) in [5.74, 6) is -1.18. The third-order valence-corrected chi connectivity index (χ3v) is 5.80. The Balaban J connectivity index is 1.93. The monoisotopic (exact) mass is 293 g/mol. The zero-order valence-electron chi connectivity index (χ0n) is 12.7. The van der Waals surface area contributed by atoms with Crippen molar-refractivity contribution in [2.75, 3.05) is 0 Å². The molecule has 0 aromatic carbocycles. The number of carbonyl (C=O) groups is 3. The lowest BCUT2D eigenvalue weighted by atomic mass is 9.76. The van der Waals surface area contributed by atoms with E-state index in [0.29, 0.717) is 24.7 Å². The molecule has 2 aliphatic carbocycles. The lowest BCUT2D eigenvalue weighted by Gasteiger charge is -2.41. The van der Waals surface area contributed by atoms with E-state index in [1.807, 2.05) is 0 Å². The van der Waals surface area contributed by atoms with Gasteiger partial charge >= 0.3 is 5.97 Å². The largest absolute Gasteiger partial charge is 0.479 e. The molecule has 1 saturated heterocycles. The van der Waals surface area contributed by atoms with Gasteiger partial charge in [-0.1, -0.05) is 13.8 Å². The lowest BCUT2D eigenvalue weighted by Crippen LogP contribution is -2.59. The summed E-state index contributed by atoms with van der Waals surface area (Å²) in [7, 11) is 0. The molecule has 21 heavy (non-hydrogen) atoms. The molecule has 0 aromatic rings. The number of aliphatic carboxylic acids is 1. The predicted octanol–water partition coefficient (Wildman–Crippen LogP) is 2.05. The van der Waals surface area contributed by atoms with E-state index in [9.17, 15) is 19.5 Å². The van der Waals surface area contributed by atoms with E-state index in [1.54, 1.807) is 0 Å². The topological polar surface area (TPSA) is 74.7 Å². The zero-order chi connectivity index (χ0) is 15.4. The van der Waals surface area contributed by atoms with Gasteiger partial charge in [-0.25, -0.2) is 4.79 Å². The Hall–Kier alpha value is -1.39. The number of rotatable bonds is 2. The predicted molar refractivity (Wildman–Crippen MR) is 75.2 cm³/mol. The van der Waals surface area contributed by atoms with Crippen molar-refractivity contribution in [1.29, 1.82) is 0 Å². The fourth-order valence-corrected chi connectivity index (χ4v) is 4.47. The Kier molecular flexibility index (Phi) is 3.34. The first kappa shape index (κ1) is 14.5. The molecule has 5 heteroatoms. The van der Waals surface area contributed by atoms with Crippen LogP contribution in [0.4, 0.5) is 0 Å². The van der Waals surface area contributed by atoms with Gasteiger partial charge in [0.15, 0.2) is 0 Å². The smallest absolute Gasteiger partial charge is 0.330 e. The van der Waals surface area contributed by atoms with Crippen molar-refractivity contribution in [3.8, 4) is 0 Å². The average molecular weight is 293 g/mol. The van der Waals surface area contributed by atoms with E-state index in [1.165, 1.54) is 0 Å². The van der Waals surface area contributed by atoms with Gasteiger partial charge in [0, 0.05) is 0 Å². The third kappa shape index (κ3) is 2.00. The number of hydrogen-bond donors (Lipinski definition) is 1. The molecule has 0 radical (unpaired) electrons. The molecule has 3 aliphatic rings. The average Bonchev–Trinajstić information content (AvgIpc) is 2.91. The van der Waals surface area contributed by atoms with Crippen molar-refractivity contribution < 1.29 is 19.5 Å². The van der Waals surface area contributed by atoms with Crippen LogP contribution < -0.4 is 0 Å². The van der Waals surface area contributed by atoms with Gasteiger partial charge in [0.05, 0.1) is 11.8 Å². The number of fused-ring (bicyclic) bond motifs is 1. The summed E-state index contributed by atoms with van der Waals surface area (Å²) in [6, 6.07) is 0. The fourth-order valence-electron chi connectivity index (χ4n) is 4.47. The summed E-state index contributed by atoms with van der Waals surface area (Å²) in [5, 5.41) is 9.74. The van der Waals surface area contributed by atoms with Crippen LogP contribution in [-0.2, 0) is 14.4 Å². The van der Waals surface area contributed by atoms with Crippen molar-refractivity contribution in [2.24, 2.45) is 23.7 Å². The minimum absolute atomic E-state index is 0.230. The molecule has 0 bridgehead atoms. The van der Waals surface area contributed by atoms with Gasteiger partial charge in [-0.3, -0.25) is 14.5 Å². The number of amides is 2. The lowest BCUT2D eigenvalue weighted by molar-refractivity contribution is -0.167. The number of likely N-dealkylation sites (tertiary alicyclic amines) is 1. The van der Waals surface area contributed by atoms with Crippen LogP contribution in [0.3, 0.4) is 0 Å². The molecular weight excluding hydrogens is 270 g/mol. The van der Waals surface area contributed by atoms with Crippen molar-refractivity contribution in [3.05, 3.63) is 0 Å². The molecule has 3 fully saturated rings. The van der Waals surface area contributed by atoms with Gasteiger partial charge in [0.1, 0.15) is 5.54 Å². The highest BCUT2D eigenvalue weighted by atomic mass is 16.4. The van der Waals surface area contributed by atoms with Crippen LogP contribution in [0.25, 0.3) is 0 Å². The number of imide groups is 1. The highest BCUT2D eigenvalue weighted by molar-refractivity contribution is 6.09. The molecular formula is C16H23NO4. The highest BCUT2D eigenvalue weighted by Crippen LogP contribution is 2.48. The number of carboxylic acids is 1. The summed E-state index contributed by atoms with van der Waals surface area (Å²) < 4.78 is 0. The molecule has 2 unspecified atom stereocenters. The standard InChI is InChI=1S/C16H23NO4/c1-9-3-5-16(6-4-9,15(20)21)17-13(18)11-7-10(2)8-12(11)14(17)19/h9-12H,3-8H2,1-2H3,(H,20,21). The SMILES string of the molecule is CC1CCC(C(=O)O)(N2C(=O)C3CC(C)CC3C2=O)CC1. The molecule has 1 aliphatic heterocycles. The summed E-state index contributed by atoms with van der Waals surface area (Å²) in [6.07, 6.45) is 3.76. The van der Waals surface area contributed by atoms with Crippen LogP contribution in [0.2, 0.25) is 0 Å². The van der Waals surface area contributed by atoms with E-state index < -0.39 is 11.5 Å². The van der Waals surface area contributed by atoms with Gasteiger partial charge in [-0.05, 0) is 50.4 Å². The number of carbonyl (C=O) groups excluding carboxylic acids is 2. The van der Waals surface area contributed by atoms with E-state index in [0.717, 1.165) is 30.6 Å². The van der Waals surface area contributed by atoms with E-state index in [4.69, 9.17) is 0 Å². The summed E-state index contributed by atoms with van der Waals surface area (Å²) >= 11 is 0. The second-order valence-electron chi connectivity index (χ2n) is 7.32. The molecule has 2 atom stereocenters.